The first-order valence-electron chi connectivity index (χ1n) is 9.21. The van der Waals surface area contributed by atoms with Crippen LogP contribution in [-0.2, 0) is 16.1 Å². The number of benzene rings is 1. The number of ether oxygens (including phenoxy) is 1. The van der Waals surface area contributed by atoms with Gasteiger partial charge in [0, 0.05) is 31.5 Å². The van der Waals surface area contributed by atoms with Crippen LogP contribution in [0.2, 0.25) is 0 Å². The number of carbonyl (C=O) groups is 2. The number of rotatable bonds is 3. The number of nitrogens with zero attached hydrogens (tertiary/aromatic N) is 1. The van der Waals surface area contributed by atoms with Crippen molar-refractivity contribution in [3.8, 4) is 5.75 Å². The van der Waals surface area contributed by atoms with Crippen molar-refractivity contribution in [2.45, 2.75) is 71.0 Å². The van der Waals surface area contributed by atoms with Crippen molar-refractivity contribution in [2.24, 2.45) is 0 Å². The van der Waals surface area contributed by atoms with Crippen molar-refractivity contribution in [1.29, 1.82) is 0 Å². The summed E-state index contributed by atoms with van der Waals surface area (Å²) in [6.45, 7) is 4.88. The predicted octanol–water partition coefficient (Wildman–Crippen LogP) is 3.27. The monoisotopic (exact) mass is 346 g/mol. The van der Waals surface area contributed by atoms with Gasteiger partial charge in [0.2, 0.25) is 11.8 Å². The Morgan fingerprint density at radius 2 is 1.76 bits per heavy atom. The summed E-state index contributed by atoms with van der Waals surface area (Å²) in [6.07, 6.45) is 5.77. The van der Waals surface area contributed by atoms with E-state index in [0.29, 0.717) is 25.0 Å². The second kappa shape index (κ2) is 9.44. The van der Waals surface area contributed by atoms with E-state index in [1.807, 2.05) is 36.1 Å². The van der Waals surface area contributed by atoms with Crippen LogP contribution in [0.1, 0.15) is 57.9 Å². The standard InChI is InChI=1S/C14H19NO2.C6H11NO/c1-11-4-3-5-14(16)15(11)10-12-6-8-13(17-2)9-7-12;1-5-3-2-4-6(8)7-5/h6-9,11H,3-5,10H2,1-2H3;5H,2-4H2,1H3,(H,7,8). The van der Waals surface area contributed by atoms with Gasteiger partial charge in [0.25, 0.3) is 0 Å². The van der Waals surface area contributed by atoms with Crippen LogP contribution in [0, 0.1) is 0 Å². The molecule has 2 saturated heterocycles. The van der Waals surface area contributed by atoms with E-state index in [1.54, 1.807) is 7.11 Å². The van der Waals surface area contributed by atoms with E-state index in [0.717, 1.165) is 43.4 Å². The molecule has 0 aliphatic carbocycles. The lowest BCUT2D eigenvalue weighted by molar-refractivity contribution is -0.136. The van der Waals surface area contributed by atoms with Gasteiger partial charge in [-0.3, -0.25) is 9.59 Å². The van der Waals surface area contributed by atoms with E-state index in [1.165, 1.54) is 0 Å². The van der Waals surface area contributed by atoms with Crippen LogP contribution in [0.15, 0.2) is 24.3 Å². The van der Waals surface area contributed by atoms with Gasteiger partial charge in [-0.2, -0.15) is 0 Å². The van der Waals surface area contributed by atoms with Crippen molar-refractivity contribution < 1.29 is 14.3 Å². The second-order valence-electron chi connectivity index (χ2n) is 6.97. The predicted molar refractivity (Wildman–Crippen MR) is 98.3 cm³/mol. The van der Waals surface area contributed by atoms with E-state index in [9.17, 15) is 9.59 Å². The third-order valence-corrected chi connectivity index (χ3v) is 4.83. The number of carbonyl (C=O) groups excluding carboxylic acids is 2. The summed E-state index contributed by atoms with van der Waals surface area (Å²) in [4.78, 5) is 24.4. The minimum atomic E-state index is 0.212. The number of nitrogens with one attached hydrogen (secondary N) is 1. The molecule has 0 aromatic heterocycles. The van der Waals surface area contributed by atoms with Gasteiger partial charge >= 0.3 is 0 Å². The maximum atomic E-state index is 11.8. The Labute approximate surface area is 150 Å². The molecule has 2 aliphatic rings. The summed E-state index contributed by atoms with van der Waals surface area (Å²) in [5, 5.41) is 2.84. The maximum absolute atomic E-state index is 11.8. The zero-order valence-corrected chi connectivity index (χ0v) is 15.6. The van der Waals surface area contributed by atoms with E-state index >= 15 is 0 Å². The zero-order valence-electron chi connectivity index (χ0n) is 15.6. The number of piperidine rings is 2. The molecular weight excluding hydrogens is 316 g/mol. The lowest BCUT2D eigenvalue weighted by Gasteiger charge is -2.33. The molecule has 5 heteroatoms. The van der Waals surface area contributed by atoms with Crippen LogP contribution in [-0.4, -0.2) is 35.9 Å². The van der Waals surface area contributed by atoms with E-state index < -0.39 is 0 Å². The van der Waals surface area contributed by atoms with Crippen LogP contribution < -0.4 is 10.1 Å². The summed E-state index contributed by atoms with van der Waals surface area (Å²) in [5.74, 6) is 1.34. The number of likely N-dealkylation sites (tertiary alicyclic amines) is 1. The summed E-state index contributed by atoms with van der Waals surface area (Å²) >= 11 is 0. The molecule has 0 bridgehead atoms. The molecular formula is C20H30N2O3. The molecule has 2 amide bonds. The molecule has 0 radical (unpaired) electrons. The first-order valence-corrected chi connectivity index (χ1v) is 9.21. The SMILES string of the molecule is CC1CCCC(=O)N1.COc1ccc(CN2C(=O)CCCC2C)cc1. The number of hydrogen-bond acceptors (Lipinski definition) is 3. The van der Waals surface area contributed by atoms with Gasteiger partial charge in [-0.25, -0.2) is 0 Å². The fourth-order valence-corrected chi connectivity index (χ4v) is 3.25. The molecule has 0 spiro atoms. The van der Waals surface area contributed by atoms with E-state index in [-0.39, 0.29) is 11.8 Å². The summed E-state index contributed by atoms with van der Waals surface area (Å²) < 4.78 is 5.12. The third kappa shape index (κ3) is 6.07. The molecule has 2 unspecified atom stereocenters. The molecule has 5 nitrogen and oxygen atoms in total. The zero-order chi connectivity index (χ0) is 18.2. The Hall–Kier alpha value is -2.04. The Morgan fingerprint density at radius 3 is 2.28 bits per heavy atom. The largest absolute Gasteiger partial charge is 0.497 e. The van der Waals surface area contributed by atoms with Crippen molar-refractivity contribution in [1.82, 2.24) is 10.2 Å². The molecule has 138 valence electrons. The highest BCUT2D eigenvalue weighted by molar-refractivity contribution is 5.77. The lowest BCUT2D eigenvalue weighted by Crippen LogP contribution is -2.41. The number of methoxy groups -OCH3 is 1. The Bertz CT molecular complexity index is 571. The average molecular weight is 346 g/mol. The summed E-state index contributed by atoms with van der Waals surface area (Å²) in [7, 11) is 1.66. The van der Waals surface area contributed by atoms with Gasteiger partial charge in [0.15, 0.2) is 0 Å². The lowest BCUT2D eigenvalue weighted by atomic mass is 10.0. The van der Waals surface area contributed by atoms with Crippen molar-refractivity contribution in [2.75, 3.05) is 7.11 Å². The summed E-state index contributed by atoms with van der Waals surface area (Å²) in [5.41, 5.74) is 1.16. The van der Waals surface area contributed by atoms with Crippen LogP contribution in [0.25, 0.3) is 0 Å². The van der Waals surface area contributed by atoms with Gasteiger partial charge in [-0.1, -0.05) is 12.1 Å². The summed E-state index contributed by atoms with van der Waals surface area (Å²) in [6, 6.07) is 8.69. The van der Waals surface area contributed by atoms with Crippen molar-refractivity contribution in [3.63, 3.8) is 0 Å². The van der Waals surface area contributed by atoms with Gasteiger partial charge < -0.3 is 15.0 Å². The molecule has 25 heavy (non-hydrogen) atoms. The third-order valence-electron chi connectivity index (χ3n) is 4.83. The van der Waals surface area contributed by atoms with Crippen LogP contribution in [0.4, 0.5) is 0 Å². The first kappa shape index (κ1) is 19.3. The Kier molecular flexibility index (Phi) is 7.29. The van der Waals surface area contributed by atoms with Gasteiger partial charge in [-0.15, -0.1) is 0 Å². The maximum Gasteiger partial charge on any atom is 0.223 e. The quantitative estimate of drug-likeness (QED) is 0.914. The highest BCUT2D eigenvalue weighted by atomic mass is 16.5. The van der Waals surface area contributed by atoms with Crippen LogP contribution >= 0.6 is 0 Å². The average Bonchev–Trinajstić information content (AvgIpc) is 2.59. The number of hydrogen-bond donors (Lipinski definition) is 1. The van der Waals surface area contributed by atoms with Gasteiger partial charge in [0.05, 0.1) is 7.11 Å². The van der Waals surface area contributed by atoms with Crippen LogP contribution in [0.3, 0.4) is 0 Å². The molecule has 2 heterocycles. The molecule has 3 rings (SSSR count). The van der Waals surface area contributed by atoms with Crippen molar-refractivity contribution in [3.05, 3.63) is 29.8 Å². The molecule has 1 aromatic carbocycles. The molecule has 0 saturated carbocycles. The van der Waals surface area contributed by atoms with E-state index in [2.05, 4.69) is 12.2 Å². The smallest absolute Gasteiger partial charge is 0.223 e. The van der Waals surface area contributed by atoms with Gasteiger partial charge in [-0.05, 0) is 57.2 Å². The molecule has 1 N–H and O–H groups in total. The number of amides is 2. The fourth-order valence-electron chi connectivity index (χ4n) is 3.25. The van der Waals surface area contributed by atoms with Crippen molar-refractivity contribution >= 4 is 11.8 Å². The van der Waals surface area contributed by atoms with E-state index in [4.69, 9.17) is 4.74 Å². The molecule has 2 aliphatic heterocycles. The topological polar surface area (TPSA) is 58.6 Å². The minimum Gasteiger partial charge on any atom is -0.497 e. The molecule has 2 fully saturated rings. The van der Waals surface area contributed by atoms with Gasteiger partial charge in [0.1, 0.15) is 5.75 Å². The highest BCUT2D eigenvalue weighted by Gasteiger charge is 2.24. The second-order valence-corrected chi connectivity index (χ2v) is 6.97. The normalized spacial score (nSPS) is 23.4. The minimum absolute atomic E-state index is 0.212. The fraction of sp³-hybridized carbons (Fsp3) is 0.600. The Morgan fingerprint density at radius 1 is 1.08 bits per heavy atom. The highest BCUT2D eigenvalue weighted by Crippen LogP contribution is 2.21. The van der Waals surface area contributed by atoms with Crippen LogP contribution in [0.5, 0.6) is 5.75 Å². The Balaban J connectivity index is 0.000000236. The molecule has 2 atom stereocenters. The first-order chi connectivity index (χ1) is 12.0. The molecule has 1 aromatic rings.